The molecule has 9 nitrogen and oxygen atoms in total. The predicted molar refractivity (Wildman–Crippen MR) is 140 cm³/mol. The lowest BCUT2D eigenvalue weighted by Crippen LogP contribution is -2.57. The molecule has 9 heteroatoms. The van der Waals surface area contributed by atoms with Crippen LogP contribution in [0.5, 0.6) is 11.5 Å². The molecule has 36 heavy (non-hydrogen) atoms. The van der Waals surface area contributed by atoms with Crippen molar-refractivity contribution in [3.8, 4) is 11.5 Å². The van der Waals surface area contributed by atoms with E-state index in [0.29, 0.717) is 17.9 Å². The Labute approximate surface area is 212 Å². The number of phenols is 1. The molecular formula is C27H38N4O5. The fourth-order valence-electron chi connectivity index (χ4n) is 3.50. The average Bonchev–Trinajstić information content (AvgIpc) is 2.87. The first-order chi connectivity index (χ1) is 17.0. The highest BCUT2D eigenvalue weighted by atomic mass is 16.5. The fourth-order valence-corrected chi connectivity index (χ4v) is 3.50. The van der Waals surface area contributed by atoms with Crippen molar-refractivity contribution in [2.75, 3.05) is 12.4 Å². The summed E-state index contributed by atoms with van der Waals surface area (Å²) in [5.41, 5.74) is 7.30. The van der Waals surface area contributed by atoms with Crippen LogP contribution in [0.1, 0.15) is 39.7 Å². The van der Waals surface area contributed by atoms with Crippen molar-refractivity contribution in [1.82, 2.24) is 10.6 Å². The maximum Gasteiger partial charge on any atom is 0.247 e. The first-order valence-corrected chi connectivity index (χ1v) is 12.1. The average molecular weight is 499 g/mol. The van der Waals surface area contributed by atoms with E-state index < -0.39 is 29.9 Å². The number of carbonyl (C=O) groups is 3. The largest absolute Gasteiger partial charge is 0.508 e. The Morgan fingerprint density at radius 1 is 0.917 bits per heavy atom. The van der Waals surface area contributed by atoms with Gasteiger partial charge in [0.2, 0.25) is 17.7 Å². The SMILES string of the molecule is CC[C@H](C)[C@H](NC(=O)[C@H](Cc1ccc(O)cc1)NC(=O)[C@@H](N)C(C)C)C(=O)Nc1ccc(OC)cc1. The van der Waals surface area contributed by atoms with Gasteiger partial charge in [0.05, 0.1) is 13.2 Å². The van der Waals surface area contributed by atoms with Gasteiger partial charge in [-0.3, -0.25) is 14.4 Å². The molecule has 0 saturated carbocycles. The lowest BCUT2D eigenvalue weighted by molar-refractivity contribution is -0.132. The van der Waals surface area contributed by atoms with E-state index in [1.54, 1.807) is 43.5 Å². The number of ether oxygens (including phenoxy) is 1. The van der Waals surface area contributed by atoms with Crippen LogP contribution in [0.4, 0.5) is 5.69 Å². The molecule has 2 aromatic carbocycles. The molecule has 196 valence electrons. The smallest absolute Gasteiger partial charge is 0.247 e. The van der Waals surface area contributed by atoms with E-state index in [9.17, 15) is 19.5 Å². The van der Waals surface area contributed by atoms with Crippen molar-refractivity contribution in [2.45, 2.75) is 58.7 Å². The highest BCUT2D eigenvalue weighted by Crippen LogP contribution is 2.17. The molecule has 0 radical (unpaired) electrons. The van der Waals surface area contributed by atoms with Gasteiger partial charge in [-0.25, -0.2) is 0 Å². The second-order valence-corrected chi connectivity index (χ2v) is 9.29. The summed E-state index contributed by atoms with van der Waals surface area (Å²) < 4.78 is 5.15. The fraction of sp³-hybridized carbons (Fsp3) is 0.444. The number of hydrogen-bond acceptors (Lipinski definition) is 6. The molecule has 0 aliphatic rings. The molecule has 0 spiro atoms. The maximum absolute atomic E-state index is 13.4. The lowest BCUT2D eigenvalue weighted by Gasteiger charge is -2.27. The van der Waals surface area contributed by atoms with E-state index in [1.165, 1.54) is 12.1 Å². The topological polar surface area (TPSA) is 143 Å². The Morgan fingerprint density at radius 3 is 2.06 bits per heavy atom. The van der Waals surface area contributed by atoms with E-state index in [-0.39, 0.29) is 29.9 Å². The molecule has 0 saturated heterocycles. The number of hydrogen-bond donors (Lipinski definition) is 5. The number of amides is 3. The molecule has 0 aromatic heterocycles. The van der Waals surface area contributed by atoms with Gasteiger partial charge in [-0.05, 0) is 53.8 Å². The molecule has 2 aromatic rings. The third kappa shape index (κ3) is 8.27. The van der Waals surface area contributed by atoms with E-state index in [0.717, 1.165) is 5.56 Å². The third-order valence-corrected chi connectivity index (χ3v) is 6.18. The number of rotatable bonds is 12. The van der Waals surface area contributed by atoms with Gasteiger partial charge >= 0.3 is 0 Å². The van der Waals surface area contributed by atoms with Crippen LogP contribution >= 0.6 is 0 Å². The number of anilines is 1. The highest BCUT2D eigenvalue weighted by molar-refractivity contribution is 5.99. The lowest BCUT2D eigenvalue weighted by atomic mass is 9.96. The summed E-state index contributed by atoms with van der Waals surface area (Å²) in [7, 11) is 1.56. The van der Waals surface area contributed by atoms with Crippen molar-refractivity contribution in [1.29, 1.82) is 0 Å². The molecule has 0 aliphatic carbocycles. The van der Waals surface area contributed by atoms with Crippen molar-refractivity contribution < 1.29 is 24.2 Å². The summed E-state index contributed by atoms with van der Waals surface area (Å²) in [5.74, 6) is -0.851. The summed E-state index contributed by atoms with van der Waals surface area (Å²) in [5, 5.41) is 18.0. The molecule has 6 N–H and O–H groups in total. The third-order valence-electron chi connectivity index (χ3n) is 6.18. The number of methoxy groups -OCH3 is 1. The Morgan fingerprint density at radius 2 is 1.53 bits per heavy atom. The molecular weight excluding hydrogens is 460 g/mol. The molecule has 0 unspecified atom stereocenters. The minimum atomic E-state index is -0.966. The molecule has 3 amide bonds. The first-order valence-electron chi connectivity index (χ1n) is 12.1. The Bertz CT molecular complexity index is 1010. The van der Waals surface area contributed by atoms with Crippen LogP contribution < -0.4 is 26.4 Å². The first kappa shape index (κ1) is 28.6. The Hall–Kier alpha value is -3.59. The number of benzene rings is 2. The van der Waals surface area contributed by atoms with Gasteiger partial charge in [0, 0.05) is 12.1 Å². The number of phenolic OH excluding ortho intramolecular Hbond substituents is 1. The van der Waals surface area contributed by atoms with E-state index >= 15 is 0 Å². The van der Waals surface area contributed by atoms with Gasteiger partial charge in [-0.1, -0.05) is 46.2 Å². The summed E-state index contributed by atoms with van der Waals surface area (Å²) in [6.45, 7) is 7.45. The quantitative estimate of drug-likeness (QED) is 0.304. The number of nitrogens with one attached hydrogen (secondary N) is 3. The van der Waals surface area contributed by atoms with E-state index in [1.807, 2.05) is 27.7 Å². The number of aromatic hydroxyl groups is 1. The normalized spacial score (nSPS) is 14.3. The van der Waals surface area contributed by atoms with Crippen molar-refractivity contribution in [3.63, 3.8) is 0 Å². The Kier molecular flexibility index (Phi) is 10.7. The second kappa shape index (κ2) is 13.5. The van der Waals surface area contributed by atoms with Crippen molar-refractivity contribution >= 4 is 23.4 Å². The molecule has 0 bridgehead atoms. The predicted octanol–water partition coefficient (Wildman–Crippen LogP) is 2.58. The zero-order valence-electron chi connectivity index (χ0n) is 21.6. The van der Waals surface area contributed by atoms with Crippen LogP contribution in [0, 0.1) is 11.8 Å². The summed E-state index contributed by atoms with van der Waals surface area (Å²) in [6, 6.07) is 10.7. The zero-order valence-corrected chi connectivity index (χ0v) is 21.6. The van der Waals surface area contributed by atoms with E-state index in [2.05, 4.69) is 16.0 Å². The molecule has 0 aliphatic heterocycles. The summed E-state index contributed by atoms with van der Waals surface area (Å²) >= 11 is 0. The van der Waals surface area contributed by atoms with Gasteiger partial charge in [0.15, 0.2) is 0 Å². The molecule has 0 heterocycles. The standard InChI is InChI=1S/C27H38N4O5/c1-6-17(4)24(27(35)29-19-9-13-21(36-5)14-10-19)31-25(33)22(30-26(34)23(28)16(2)3)15-18-7-11-20(32)12-8-18/h7-14,16-17,22-24,32H,6,15,28H2,1-5H3,(H,29,35)(H,30,34)(H,31,33)/t17-,22-,23-,24-/m0/s1. The number of nitrogens with two attached hydrogens (primary N) is 1. The molecule has 4 atom stereocenters. The summed E-state index contributed by atoms with van der Waals surface area (Å²) in [4.78, 5) is 39.3. The van der Waals surface area contributed by atoms with Crippen LogP contribution in [-0.4, -0.2) is 48.1 Å². The van der Waals surface area contributed by atoms with Gasteiger partial charge in [0.25, 0.3) is 0 Å². The Balaban J connectivity index is 2.23. The van der Waals surface area contributed by atoms with Crippen LogP contribution in [0.25, 0.3) is 0 Å². The molecule has 2 rings (SSSR count). The van der Waals surface area contributed by atoms with Crippen LogP contribution in [-0.2, 0) is 20.8 Å². The van der Waals surface area contributed by atoms with Gasteiger partial charge in [0.1, 0.15) is 23.6 Å². The van der Waals surface area contributed by atoms with Crippen molar-refractivity contribution in [2.24, 2.45) is 17.6 Å². The van der Waals surface area contributed by atoms with Gasteiger partial charge in [-0.15, -0.1) is 0 Å². The van der Waals surface area contributed by atoms with Crippen molar-refractivity contribution in [3.05, 3.63) is 54.1 Å². The highest BCUT2D eigenvalue weighted by Gasteiger charge is 2.31. The van der Waals surface area contributed by atoms with Gasteiger partial charge < -0.3 is 31.5 Å². The molecule has 0 fully saturated rings. The van der Waals surface area contributed by atoms with Crippen LogP contribution in [0.3, 0.4) is 0 Å². The second-order valence-electron chi connectivity index (χ2n) is 9.29. The van der Waals surface area contributed by atoms with Gasteiger partial charge in [-0.2, -0.15) is 0 Å². The monoisotopic (exact) mass is 498 g/mol. The minimum absolute atomic E-state index is 0.0951. The zero-order chi connectivity index (χ0) is 26.8. The van der Waals surface area contributed by atoms with Crippen LogP contribution in [0.2, 0.25) is 0 Å². The maximum atomic E-state index is 13.4. The van der Waals surface area contributed by atoms with E-state index in [4.69, 9.17) is 10.5 Å². The van der Waals surface area contributed by atoms with Crippen LogP contribution in [0.15, 0.2) is 48.5 Å². The summed E-state index contributed by atoms with van der Waals surface area (Å²) in [6.07, 6.45) is 0.810. The minimum Gasteiger partial charge on any atom is -0.508 e. The number of carbonyl (C=O) groups excluding carboxylic acids is 3.